The fourth-order valence-corrected chi connectivity index (χ4v) is 5.30. The highest BCUT2D eigenvalue weighted by molar-refractivity contribution is 7.89. The van der Waals surface area contributed by atoms with Crippen LogP contribution in [0, 0.1) is 11.7 Å². The minimum Gasteiger partial charge on any atom is -0.497 e. The Labute approximate surface area is 199 Å². The van der Waals surface area contributed by atoms with E-state index >= 15 is 0 Å². The Kier molecular flexibility index (Phi) is 8.62. The van der Waals surface area contributed by atoms with E-state index in [0.29, 0.717) is 31.6 Å². The maximum atomic E-state index is 13.2. The van der Waals surface area contributed by atoms with Crippen molar-refractivity contribution in [3.05, 3.63) is 59.9 Å². The molecule has 1 aliphatic rings. The summed E-state index contributed by atoms with van der Waals surface area (Å²) in [6.07, 6.45) is 1.22. The van der Waals surface area contributed by atoms with Crippen molar-refractivity contribution in [3.63, 3.8) is 0 Å². The summed E-state index contributed by atoms with van der Waals surface area (Å²) in [4.78, 5) is 25.1. The summed E-state index contributed by atoms with van der Waals surface area (Å²) in [6, 6.07) is 11.6. The first-order valence-electron chi connectivity index (χ1n) is 11.2. The normalized spacial score (nSPS) is 16.0. The lowest BCUT2D eigenvalue weighted by Crippen LogP contribution is -2.49. The molecule has 1 heterocycles. The molecule has 1 atom stereocenters. The van der Waals surface area contributed by atoms with Crippen LogP contribution in [0.15, 0.2) is 53.4 Å². The third kappa shape index (κ3) is 6.54. The zero-order valence-electron chi connectivity index (χ0n) is 19.3. The summed E-state index contributed by atoms with van der Waals surface area (Å²) in [5, 5.41) is 5.45. The van der Waals surface area contributed by atoms with Gasteiger partial charge >= 0.3 is 0 Å². The van der Waals surface area contributed by atoms with Crippen molar-refractivity contribution < 1.29 is 27.1 Å². The summed E-state index contributed by atoms with van der Waals surface area (Å²) >= 11 is 0. The van der Waals surface area contributed by atoms with Gasteiger partial charge in [0.15, 0.2) is 0 Å². The smallest absolute Gasteiger partial charge is 0.243 e. The number of piperidine rings is 1. The van der Waals surface area contributed by atoms with Crippen LogP contribution in [0.2, 0.25) is 0 Å². The van der Waals surface area contributed by atoms with Gasteiger partial charge in [-0.2, -0.15) is 4.31 Å². The van der Waals surface area contributed by atoms with E-state index in [-0.39, 0.29) is 41.5 Å². The highest BCUT2D eigenvalue weighted by Crippen LogP contribution is 2.25. The molecule has 1 aliphatic heterocycles. The molecule has 0 aromatic heterocycles. The Morgan fingerprint density at radius 1 is 1.15 bits per heavy atom. The van der Waals surface area contributed by atoms with Crippen LogP contribution in [-0.4, -0.2) is 57.3 Å². The Bertz CT molecular complexity index is 1100. The Morgan fingerprint density at radius 2 is 1.82 bits per heavy atom. The van der Waals surface area contributed by atoms with Crippen LogP contribution in [0.1, 0.15) is 25.3 Å². The lowest BCUT2D eigenvalue weighted by Gasteiger charge is -2.31. The average Bonchev–Trinajstić information content (AvgIpc) is 2.84. The molecule has 3 rings (SSSR count). The van der Waals surface area contributed by atoms with Gasteiger partial charge in [0.1, 0.15) is 17.6 Å². The van der Waals surface area contributed by atoms with Gasteiger partial charge in [0.25, 0.3) is 0 Å². The number of ether oxygens (including phenoxy) is 1. The highest BCUT2D eigenvalue weighted by Gasteiger charge is 2.33. The number of carbonyl (C=O) groups excluding carboxylic acids is 2. The monoisotopic (exact) mass is 491 g/mol. The standard InChI is InChI=1S/C24H30FN3O5S/c1-17(23(29)26-13-10-18-4-3-5-20(25)16-18)27-24(30)19-11-14-28(15-12-19)34(31,32)22-8-6-21(33-2)7-9-22/h3-9,16-17,19H,10-15H2,1-2H3,(H,26,29)(H,27,30)/t17-/m0/s1. The largest absolute Gasteiger partial charge is 0.497 e. The van der Waals surface area contributed by atoms with E-state index in [9.17, 15) is 22.4 Å². The van der Waals surface area contributed by atoms with E-state index in [0.717, 1.165) is 5.56 Å². The SMILES string of the molecule is COc1ccc(S(=O)(=O)N2CCC(C(=O)N[C@@H](C)C(=O)NCCc3cccc(F)c3)CC2)cc1. The van der Waals surface area contributed by atoms with Gasteiger partial charge in [-0.05, 0) is 68.1 Å². The van der Waals surface area contributed by atoms with E-state index in [1.54, 1.807) is 31.2 Å². The van der Waals surface area contributed by atoms with Gasteiger partial charge in [0.2, 0.25) is 21.8 Å². The minimum absolute atomic E-state index is 0.180. The summed E-state index contributed by atoms with van der Waals surface area (Å²) in [7, 11) is -2.14. The summed E-state index contributed by atoms with van der Waals surface area (Å²) < 4.78 is 45.4. The van der Waals surface area contributed by atoms with Crippen molar-refractivity contribution in [2.24, 2.45) is 5.92 Å². The van der Waals surface area contributed by atoms with Crippen LogP contribution in [0.5, 0.6) is 5.75 Å². The fraction of sp³-hybridized carbons (Fsp3) is 0.417. The number of nitrogens with zero attached hydrogens (tertiary/aromatic N) is 1. The molecule has 0 saturated carbocycles. The number of nitrogens with one attached hydrogen (secondary N) is 2. The third-order valence-corrected chi connectivity index (χ3v) is 7.79. The fourth-order valence-electron chi connectivity index (χ4n) is 3.83. The van der Waals surface area contributed by atoms with Gasteiger partial charge in [-0.25, -0.2) is 12.8 Å². The second kappa shape index (κ2) is 11.4. The number of rotatable bonds is 9. The van der Waals surface area contributed by atoms with E-state index in [1.807, 2.05) is 0 Å². The summed E-state index contributed by atoms with van der Waals surface area (Å²) in [5.41, 5.74) is 0.772. The molecule has 2 aromatic rings. The third-order valence-electron chi connectivity index (χ3n) is 5.88. The molecule has 2 amide bonds. The molecule has 2 aromatic carbocycles. The zero-order chi connectivity index (χ0) is 24.7. The molecule has 184 valence electrons. The molecule has 10 heteroatoms. The first-order chi connectivity index (χ1) is 16.2. The predicted molar refractivity (Wildman–Crippen MR) is 125 cm³/mol. The van der Waals surface area contributed by atoms with Crippen molar-refractivity contribution >= 4 is 21.8 Å². The van der Waals surface area contributed by atoms with Crippen molar-refractivity contribution in [1.29, 1.82) is 0 Å². The second-order valence-electron chi connectivity index (χ2n) is 8.26. The minimum atomic E-state index is -3.65. The van der Waals surface area contributed by atoms with Crippen LogP contribution in [0.3, 0.4) is 0 Å². The number of methoxy groups -OCH3 is 1. The number of carbonyl (C=O) groups is 2. The maximum Gasteiger partial charge on any atom is 0.243 e. The lowest BCUT2D eigenvalue weighted by atomic mass is 9.97. The molecular weight excluding hydrogens is 461 g/mol. The van der Waals surface area contributed by atoms with Crippen LogP contribution in [-0.2, 0) is 26.0 Å². The first-order valence-corrected chi connectivity index (χ1v) is 12.6. The van der Waals surface area contributed by atoms with Crippen molar-refractivity contribution in [2.45, 2.75) is 37.1 Å². The Morgan fingerprint density at radius 3 is 2.44 bits per heavy atom. The van der Waals surface area contributed by atoms with Crippen molar-refractivity contribution in [3.8, 4) is 5.75 Å². The molecule has 1 fully saturated rings. The topological polar surface area (TPSA) is 105 Å². The zero-order valence-corrected chi connectivity index (χ0v) is 20.1. The van der Waals surface area contributed by atoms with Gasteiger partial charge in [0.05, 0.1) is 12.0 Å². The number of hydrogen-bond donors (Lipinski definition) is 2. The molecule has 8 nitrogen and oxygen atoms in total. The first kappa shape index (κ1) is 25.6. The molecule has 0 spiro atoms. The molecule has 0 aliphatic carbocycles. The Balaban J connectivity index is 1.44. The summed E-state index contributed by atoms with van der Waals surface area (Å²) in [6.45, 7) is 2.37. The average molecular weight is 492 g/mol. The number of amides is 2. The molecule has 1 saturated heterocycles. The highest BCUT2D eigenvalue weighted by atomic mass is 32.2. The van der Waals surface area contributed by atoms with Crippen molar-refractivity contribution in [1.82, 2.24) is 14.9 Å². The van der Waals surface area contributed by atoms with Gasteiger partial charge in [-0.15, -0.1) is 0 Å². The number of halogens is 1. The maximum absolute atomic E-state index is 13.2. The van der Waals surface area contributed by atoms with Gasteiger partial charge < -0.3 is 15.4 Å². The number of sulfonamides is 1. The predicted octanol–water partition coefficient (Wildman–Crippen LogP) is 2.10. The van der Waals surface area contributed by atoms with Crippen LogP contribution < -0.4 is 15.4 Å². The van der Waals surface area contributed by atoms with Crippen LogP contribution in [0.25, 0.3) is 0 Å². The van der Waals surface area contributed by atoms with E-state index in [2.05, 4.69) is 10.6 Å². The molecule has 2 N–H and O–H groups in total. The van der Waals surface area contributed by atoms with Gasteiger partial charge in [-0.3, -0.25) is 9.59 Å². The van der Waals surface area contributed by atoms with E-state index in [4.69, 9.17) is 4.74 Å². The van der Waals surface area contributed by atoms with Gasteiger partial charge in [-0.1, -0.05) is 12.1 Å². The molecule has 0 radical (unpaired) electrons. The van der Waals surface area contributed by atoms with Crippen molar-refractivity contribution in [2.75, 3.05) is 26.7 Å². The number of benzene rings is 2. The summed E-state index contributed by atoms with van der Waals surface area (Å²) in [5.74, 6) is -0.725. The second-order valence-corrected chi connectivity index (χ2v) is 10.2. The molecular formula is C24H30FN3O5S. The lowest BCUT2D eigenvalue weighted by molar-refractivity contribution is -0.131. The van der Waals surface area contributed by atoms with E-state index < -0.39 is 16.1 Å². The molecule has 0 unspecified atom stereocenters. The Hall–Kier alpha value is -2.98. The van der Waals surface area contributed by atoms with E-state index in [1.165, 1.54) is 35.7 Å². The molecule has 34 heavy (non-hydrogen) atoms. The van der Waals surface area contributed by atoms with Crippen LogP contribution in [0.4, 0.5) is 4.39 Å². The number of hydrogen-bond acceptors (Lipinski definition) is 5. The quantitative estimate of drug-likeness (QED) is 0.559. The van der Waals surface area contributed by atoms with Gasteiger partial charge in [0, 0.05) is 25.6 Å². The molecule has 0 bridgehead atoms. The van der Waals surface area contributed by atoms with Crippen LogP contribution >= 0.6 is 0 Å².